The van der Waals surface area contributed by atoms with Crippen LogP contribution in [0, 0.1) is 0 Å². The second kappa shape index (κ2) is 6.85. The molecule has 0 saturated carbocycles. The minimum atomic E-state index is 0.132. The number of aldehydes is 1. The van der Waals surface area contributed by atoms with E-state index in [1.54, 1.807) is 0 Å². The normalized spacial score (nSPS) is 23.0. The number of hydrogen-bond donors (Lipinski definition) is 1. The van der Waals surface area contributed by atoms with E-state index >= 15 is 0 Å². The predicted molar refractivity (Wildman–Crippen MR) is 69.3 cm³/mol. The maximum Gasteiger partial charge on any atom is 0.223 e. The third-order valence-corrected chi connectivity index (χ3v) is 3.97. The van der Waals surface area contributed by atoms with Crippen molar-refractivity contribution >= 4 is 12.2 Å². The molecule has 18 heavy (non-hydrogen) atoms. The van der Waals surface area contributed by atoms with E-state index in [2.05, 4.69) is 10.2 Å². The Labute approximate surface area is 108 Å². The van der Waals surface area contributed by atoms with E-state index in [1.807, 2.05) is 4.90 Å². The summed E-state index contributed by atoms with van der Waals surface area (Å²) >= 11 is 0. The van der Waals surface area contributed by atoms with Crippen LogP contribution in [0.2, 0.25) is 0 Å². The van der Waals surface area contributed by atoms with E-state index in [4.69, 9.17) is 0 Å². The lowest BCUT2D eigenvalue weighted by atomic mass is 10.0. The number of piperazine rings is 1. The van der Waals surface area contributed by atoms with Crippen molar-refractivity contribution in [2.75, 3.05) is 39.3 Å². The molecule has 0 unspecified atom stereocenters. The first-order valence-corrected chi connectivity index (χ1v) is 6.97. The smallest absolute Gasteiger partial charge is 0.223 e. The van der Waals surface area contributed by atoms with Crippen LogP contribution < -0.4 is 5.32 Å². The average molecular weight is 253 g/mol. The largest absolute Gasteiger partial charge is 0.340 e. The summed E-state index contributed by atoms with van der Waals surface area (Å²) in [5.74, 6) is 0.132. The Kier molecular flexibility index (Phi) is 5.13. The summed E-state index contributed by atoms with van der Waals surface area (Å²) in [6, 6.07) is 0.693. The Hall–Kier alpha value is -0.940. The number of carbonyl (C=O) groups excluding carboxylic acids is 2. The van der Waals surface area contributed by atoms with Crippen LogP contribution in [0.5, 0.6) is 0 Å². The number of nitrogens with one attached hydrogen (secondary N) is 1. The van der Waals surface area contributed by atoms with Crippen LogP contribution >= 0.6 is 0 Å². The van der Waals surface area contributed by atoms with Crippen molar-refractivity contribution < 1.29 is 9.59 Å². The number of rotatable bonds is 4. The van der Waals surface area contributed by atoms with Crippen LogP contribution in [0.15, 0.2) is 0 Å². The van der Waals surface area contributed by atoms with Crippen molar-refractivity contribution in [3.05, 3.63) is 0 Å². The minimum absolute atomic E-state index is 0.132. The van der Waals surface area contributed by atoms with Gasteiger partial charge >= 0.3 is 0 Å². The van der Waals surface area contributed by atoms with Crippen molar-refractivity contribution in [1.82, 2.24) is 15.1 Å². The van der Waals surface area contributed by atoms with Gasteiger partial charge < -0.3 is 15.0 Å². The van der Waals surface area contributed by atoms with Crippen molar-refractivity contribution in [2.45, 2.75) is 31.7 Å². The first-order chi connectivity index (χ1) is 8.81. The molecule has 1 N–H and O–H groups in total. The van der Waals surface area contributed by atoms with Gasteiger partial charge in [0.2, 0.25) is 5.91 Å². The summed E-state index contributed by atoms with van der Waals surface area (Å²) in [4.78, 5) is 26.5. The number of hydrogen-bond acceptors (Lipinski definition) is 4. The van der Waals surface area contributed by atoms with Crippen molar-refractivity contribution in [3.63, 3.8) is 0 Å². The lowest BCUT2D eigenvalue weighted by Gasteiger charge is -2.40. The van der Waals surface area contributed by atoms with Gasteiger partial charge in [-0.1, -0.05) is 0 Å². The Morgan fingerprint density at radius 2 is 1.83 bits per heavy atom. The predicted octanol–water partition coefficient (Wildman–Crippen LogP) is -0.138. The molecule has 102 valence electrons. The van der Waals surface area contributed by atoms with Gasteiger partial charge in [0.25, 0.3) is 0 Å². The second-order valence-corrected chi connectivity index (χ2v) is 5.10. The van der Waals surface area contributed by atoms with Crippen LogP contribution in [-0.4, -0.2) is 67.3 Å². The fourth-order valence-corrected chi connectivity index (χ4v) is 2.85. The first-order valence-electron chi connectivity index (χ1n) is 6.97. The third-order valence-electron chi connectivity index (χ3n) is 3.97. The molecule has 2 aliphatic heterocycles. The van der Waals surface area contributed by atoms with Crippen LogP contribution in [0.1, 0.15) is 25.7 Å². The molecule has 0 aromatic heterocycles. The first kappa shape index (κ1) is 13.5. The van der Waals surface area contributed by atoms with Gasteiger partial charge in [-0.25, -0.2) is 0 Å². The molecule has 2 heterocycles. The molecule has 0 spiro atoms. The van der Waals surface area contributed by atoms with Gasteiger partial charge in [-0.2, -0.15) is 0 Å². The Balaban J connectivity index is 1.73. The molecule has 2 fully saturated rings. The summed E-state index contributed by atoms with van der Waals surface area (Å²) in [5.41, 5.74) is 0. The second-order valence-electron chi connectivity index (χ2n) is 5.10. The summed E-state index contributed by atoms with van der Waals surface area (Å²) in [6.07, 6.45) is 3.99. The number of piperidine rings is 1. The van der Waals surface area contributed by atoms with E-state index < -0.39 is 0 Å². The van der Waals surface area contributed by atoms with E-state index in [9.17, 15) is 9.59 Å². The zero-order valence-corrected chi connectivity index (χ0v) is 10.9. The fraction of sp³-hybridized carbons (Fsp3) is 0.846. The molecule has 0 aromatic rings. The summed E-state index contributed by atoms with van der Waals surface area (Å²) in [6.45, 7) is 5.84. The summed E-state index contributed by atoms with van der Waals surface area (Å²) in [7, 11) is 0. The Morgan fingerprint density at radius 3 is 2.44 bits per heavy atom. The van der Waals surface area contributed by atoms with Gasteiger partial charge in [0.15, 0.2) is 0 Å². The molecule has 0 atom stereocenters. The fourth-order valence-electron chi connectivity index (χ4n) is 2.85. The van der Waals surface area contributed by atoms with Crippen LogP contribution in [0.4, 0.5) is 0 Å². The summed E-state index contributed by atoms with van der Waals surface area (Å²) in [5, 5.41) is 3.38. The van der Waals surface area contributed by atoms with Gasteiger partial charge in [-0.3, -0.25) is 9.69 Å². The Morgan fingerprint density at radius 1 is 1.17 bits per heavy atom. The SMILES string of the molecule is O=CCCC(=O)N1CCN(C2CCNCC2)CC1. The van der Waals surface area contributed by atoms with E-state index in [0.29, 0.717) is 18.9 Å². The summed E-state index contributed by atoms with van der Waals surface area (Å²) < 4.78 is 0. The number of nitrogens with zero attached hydrogens (tertiary/aromatic N) is 2. The highest BCUT2D eigenvalue weighted by atomic mass is 16.2. The maximum absolute atomic E-state index is 11.8. The molecular formula is C13H23N3O2. The monoisotopic (exact) mass is 253 g/mol. The Bertz CT molecular complexity index is 282. The maximum atomic E-state index is 11.8. The molecule has 0 bridgehead atoms. The molecule has 0 aliphatic carbocycles. The van der Waals surface area contributed by atoms with E-state index in [1.165, 1.54) is 12.8 Å². The van der Waals surface area contributed by atoms with Crippen LogP contribution in [0.3, 0.4) is 0 Å². The molecule has 0 radical (unpaired) electrons. The van der Waals surface area contributed by atoms with Gasteiger partial charge in [0.1, 0.15) is 6.29 Å². The molecule has 2 aliphatic rings. The highest BCUT2D eigenvalue weighted by Crippen LogP contribution is 2.14. The zero-order valence-electron chi connectivity index (χ0n) is 10.9. The average Bonchev–Trinajstić information content (AvgIpc) is 2.46. The minimum Gasteiger partial charge on any atom is -0.340 e. The van der Waals surface area contributed by atoms with Crippen molar-refractivity contribution in [2.24, 2.45) is 0 Å². The van der Waals surface area contributed by atoms with E-state index in [-0.39, 0.29) is 5.91 Å². The molecule has 5 nitrogen and oxygen atoms in total. The van der Waals surface area contributed by atoms with Crippen LogP contribution in [-0.2, 0) is 9.59 Å². The van der Waals surface area contributed by atoms with Gasteiger partial charge in [0.05, 0.1) is 0 Å². The van der Waals surface area contributed by atoms with E-state index in [0.717, 1.165) is 45.6 Å². The van der Waals surface area contributed by atoms with Crippen molar-refractivity contribution in [1.29, 1.82) is 0 Å². The topological polar surface area (TPSA) is 52.7 Å². The molecule has 2 saturated heterocycles. The molecule has 0 aromatic carbocycles. The highest BCUT2D eigenvalue weighted by molar-refractivity contribution is 5.78. The third kappa shape index (κ3) is 3.53. The number of carbonyl (C=O) groups is 2. The lowest BCUT2D eigenvalue weighted by Crippen LogP contribution is -2.53. The zero-order chi connectivity index (χ0) is 12.8. The van der Waals surface area contributed by atoms with Crippen molar-refractivity contribution in [3.8, 4) is 0 Å². The van der Waals surface area contributed by atoms with Crippen LogP contribution in [0.25, 0.3) is 0 Å². The molecule has 5 heteroatoms. The number of amides is 1. The highest BCUT2D eigenvalue weighted by Gasteiger charge is 2.26. The molecular weight excluding hydrogens is 230 g/mol. The van der Waals surface area contributed by atoms with Gasteiger partial charge in [-0.05, 0) is 25.9 Å². The van der Waals surface area contributed by atoms with Gasteiger partial charge in [-0.15, -0.1) is 0 Å². The van der Waals surface area contributed by atoms with Gasteiger partial charge in [0, 0.05) is 45.1 Å². The quantitative estimate of drug-likeness (QED) is 0.709. The molecule has 1 amide bonds. The lowest BCUT2D eigenvalue weighted by molar-refractivity contribution is -0.134. The molecule has 2 rings (SSSR count). The standard InChI is InChI=1S/C13H23N3O2/c17-11-1-2-13(18)16-9-7-15(8-10-16)12-3-5-14-6-4-12/h11-12,14H,1-10H2.